The summed E-state index contributed by atoms with van der Waals surface area (Å²) in [6.07, 6.45) is 0.384. The Labute approximate surface area is 146 Å². The van der Waals surface area contributed by atoms with E-state index in [9.17, 15) is 13.2 Å². The van der Waals surface area contributed by atoms with E-state index in [1.165, 1.54) is 7.11 Å². The second-order valence-corrected chi connectivity index (χ2v) is 8.70. The molecular formula is C17H20N2O5S. The number of para-hydroxylation sites is 1. The molecule has 1 atom stereocenters. The molecule has 1 saturated heterocycles. The minimum Gasteiger partial charge on any atom is -0.496 e. The Morgan fingerprint density at radius 2 is 2.08 bits per heavy atom. The Morgan fingerprint density at radius 3 is 2.72 bits per heavy atom. The fourth-order valence-electron chi connectivity index (χ4n) is 3.11. The number of nitrogens with one attached hydrogen (secondary N) is 1. The van der Waals surface area contributed by atoms with Gasteiger partial charge in [-0.25, -0.2) is 8.42 Å². The lowest BCUT2D eigenvalue weighted by Crippen LogP contribution is -2.47. The largest absolute Gasteiger partial charge is 0.496 e. The summed E-state index contributed by atoms with van der Waals surface area (Å²) in [5.74, 6) is 0.535. The van der Waals surface area contributed by atoms with Crippen LogP contribution in [0, 0.1) is 6.92 Å². The van der Waals surface area contributed by atoms with Gasteiger partial charge in [-0.15, -0.1) is 0 Å². The number of carbonyl (C=O) groups excluding carboxylic acids is 1. The second kappa shape index (κ2) is 6.18. The number of sulfone groups is 1. The summed E-state index contributed by atoms with van der Waals surface area (Å²) < 4.78 is 34.1. The van der Waals surface area contributed by atoms with Crippen LogP contribution in [0.4, 0.5) is 0 Å². The van der Waals surface area contributed by atoms with Gasteiger partial charge >= 0.3 is 0 Å². The molecule has 25 heavy (non-hydrogen) atoms. The van der Waals surface area contributed by atoms with Crippen LogP contribution in [-0.4, -0.2) is 43.6 Å². The Bertz CT molecular complexity index is 919. The average molecular weight is 364 g/mol. The van der Waals surface area contributed by atoms with E-state index in [0.717, 1.165) is 0 Å². The Kier molecular flexibility index (Phi) is 4.32. The molecule has 134 valence electrons. The van der Waals surface area contributed by atoms with Crippen LogP contribution < -0.4 is 10.1 Å². The molecule has 0 radical (unpaired) electrons. The maximum absolute atomic E-state index is 12.8. The number of aryl methyl sites for hydroxylation is 1. The highest BCUT2D eigenvalue weighted by atomic mass is 32.2. The van der Waals surface area contributed by atoms with Crippen LogP contribution >= 0.6 is 0 Å². The van der Waals surface area contributed by atoms with Crippen LogP contribution in [0.5, 0.6) is 5.75 Å². The first-order valence-electron chi connectivity index (χ1n) is 7.87. The summed E-state index contributed by atoms with van der Waals surface area (Å²) in [5.41, 5.74) is 0.501. The van der Waals surface area contributed by atoms with Gasteiger partial charge in [0.15, 0.2) is 9.84 Å². The Hall–Kier alpha value is -2.35. The van der Waals surface area contributed by atoms with E-state index in [1.807, 2.05) is 12.1 Å². The molecule has 0 saturated carbocycles. The van der Waals surface area contributed by atoms with E-state index in [2.05, 4.69) is 10.5 Å². The predicted octanol–water partition coefficient (Wildman–Crippen LogP) is 1.97. The highest BCUT2D eigenvalue weighted by Gasteiger charge is 2.40. The van der Waals surface area contributed by atoms with E-state index >= 15 is 0 Å². The van der Waals surface area contributed by atoms with Gasteiger partial charge in [-0.3, -0.25) is 4.79 Å². The number of amides is 1. The van der Waals surface area contributed by atoms with Crippen molar-refractivity contribution in [3.63, 3.8) is 0 Å². The van der Waals surface area contributed by atoms with Gasteiger partial charge in [0.25, 0.3) is 5.91 Å². The highest BCUT2D eigenvalue weighted by Crippen LogP contribution is 2.33. The van der Waals surface area contributed by atoms with Crippen LogP contribution in [0.1, 0.15) is 29.5 Å². The number of hydrogen-bond donors (Lipinski definition) is 1. The monoisotopic (exact) mass is 364 g/mol. The summed E-state index contributed by atoms with van der Waals surface area (Å²) in [5, 5.41) is 6.85. The Morgan fingerprint density at radius 1 is 1.36 bits per heavy atom. The van der Waals surface area contributed by atoms with Crippen molar-refractivity contribution in [1.82, 2.24) is 10.5 Å². The third kappa shape index (κ3) is 3.39. The molecule has 1 aromatic carbocycles. The van der Waals surface area contributed by atoms with Crippen molar-refractivity contribution in [2.45, 2.75) is 25.8 Å². The first-order valence-corrected chi connectivity index (χ1v) is 9.69. The number of carbonyl (C=O) groups is 1. The number of ether oxygens (including phenoxy) is 1. The smallest absolute Gasteiger partial charge is 0.257 e. The number of hydrogen-bond acceptors (Lipinski definition) is 6. The molecule has 7 nitrogen and oxygen atoms in total. The summed E-state index contributed by atoms with van der Waals surface area (Å²) >= 11 is 0. The van der Waals surface area contributed by atoms with Crippen molar-refractivity contribution >= 4 is 15.7 Å². The molecule has 0 spiro atoms. The van der Waals surface area contributed by atoms with Crippen LogP contribution in [0.3, 0.4) is 0 Å². The van der Waals surface area contributed by atoms with E-state index < -0.39 is 21.3 Å². The molecule has 1 N–H and O–H groups in total. The lowest BCUT2D eigenvalue weighted by Gasteiger charge is -2.23. The number of nitrogens with zero attached hydrogens (tertiary/aromatic N) is 1. The van der Waals surface area contributed by atoms with E-state index in [4.69, 9.17) is 9.26 Å². The second-order valence-electron chi connectivity index (χ2n) is 6.52. The number of methoxy groups -OCH3 is 1. The van der Waals surface area contributed by atoms with Crippen molar-refractivity contribution in [2.24, 2.45) is 0 Å². The lowest BCUT2D eigenvalue weighted by atomic mass is 9.99. The molecule has 1 aromatic heterocycles. The topological polar surface area (TPSA) is 98.5 Å². The minimum absolute atomic E-state index is 0.0694. The number of aromatic nitrogens is 1. The third-order valence-corrected chi connectivity index (χ3v) is 6.27. The molecule has 1 fully saturated rings. The third-order valence-electron chi connectivity index (χ3n) is 4.37. The average Bonchev–Trinajstić information content (AvgIpc) is 3.06. The molecule has 0 unspecified atom stereocenters. The summed E-state index contributed by atoms with van der Waals surface area (Å²) in [4.78, 5) is 12.8. The van der Waals surface area contributed by atoms with Crippen molar-refractivity contribution in [2.75, 3.05) is 18.6 Å². The van der Waals surface area contributed by atoms with E-state index in [-0.39, 0.29) is 17.1 Å². The standard InChI is InChI=1S/C17H20N2O5S/c1-11-14(16(20)18-17(2)8-9-25(21,22)10-17)15(19-24-11)12-6-4-5-7-13(12)23-3/h4-7H,8-10H2,1-3H3,(H,18,20)/t17-/m0/s1. The zero-order valence-electron chi connectivity index (χ0n) is 14.3. The molecule has 1 amide bonds. The van der Waals surface area contributed by atoms with Gasteiger partial charge < -0.3 is 14.6 Å². The highest BCUT2D eigenvalue weighted by molar-refractivity contribution is 7.91. The molecule has 8 heteroatoms. The molecule has 2 aromatic rings. The normalized spacial score (nSPS) is 21.9. The fourth-order valence-corrected chi connectivity index (χ4v) is 5.20. The molecular weight excluding hydrogens is 344 g/mol. The predicted molar refractivity (Wildman–Crippen MR) is 92.4 cm³/mol. The molecule has 0 aliphatic carbocycles. The van der Waals surface area contributed by atoms with Gasteiger partial charge in [0.2, 0.25) is 0 Å². The van der Waals surface area contributed by atoms with Crippen LogP contribution in [0.15, 0.2) is 28.8 Å². The number of rotatable bonds is 4. The van der Waals surface area contributed by atoms with Crippen LogP contribution in [-0.2, 0) is 9.84 Å². The summed E-state index contributed by atoms with van der Waals surface area (Å²) in [6.45, 7) is 3.38. The van der Waals surface area contributed by atoms with Crippen molar-refractivity contribution in [3.05, 3.63) is 35.6 Å². The van der Waals surface area contributed by atoms with Crippen molar-refractivity contribution in [3.8, 4) is 17.0 Å². The van der Waals surface area contributed by atoms with E-state index in [0.29, 0.717) is 29.2 Å². The van der Waals surface area contributed by atoms with Gasteiger partial charge in [-0.05, 0) is 32.4 Å². The van der Waals surface area contributed by atoms with Crippen LogP contribution in [0.25, 0.3) is 11.3 Å². The molecule has 1 aliphatic heterocycles. The van der Waals surface area contributed by atoms with Crippen molar-refractivity contribution in [1.29, 1.82) is 0 Å². The zero-order chi connectivity index (χ0) is 18.2. The fraction of sp³-hybridized carbons (Fsp3) is 0.412. The van der Waals surface area contributed by atoms with Gasteiger partial charge in [0, 0.05) is 5.56 Å². The maximum Gasteiger partial charge on any atom is 0.257 e. The first kappa shape index (κ1) is 17.5. The minimum atomic E-state index is -3.13. The van der Waals surface area contributed by atoms with Gasteiger partial charge in [0.05, 0.1) is 24.2 Å². The summed E-state index contributed by atoms with van der Waals surface area (Å²) in [7, 11) is -1.59. The summed E-state index contributed by atoms with van der Waals surface area (Å²) in [6, 6.07) is 7.19. The molecule has 1 aliphatic rings. The van der Waals surface area contributed by atoms with Crippen molar-refractivity contribution < 1.29 is 22.5 Å². The van der Waals surface area contributed by atoms with Gasteiger partial charge in [0.1, 0.15) is 22.8 Å². The number of benzene rings is 1. The maximum atomic E-state index is 12.8. The van der Waals surface area contributed by atoms with Gasteiger partial charge in [-0.2, -0.15) is 0 Å². The molecule has 0 bridgehead atoms. The molecule has 2 heterocycles. The van der Waals surface area contributed by atoms with Gasteiger partial charge in [-0.1, -0.05) is 17.3 Å². The SMILES string of the molecule is COc1ccccc1-c1noc(C)c1C(=O)N[C@@]1(C)CCS(=O)(=O)C1. The first-order chi connectivity index (χ1) is 11.7. The molecule has 3 rings (SSSR count). The zero-order valence-corrected chi connectivity index (χ0v) is 15.1. The quantitative estimate of drug-likeness (QED) is 0.890. The van der Waals surface area contributed by atoms with E-state index in [1.54, 1.807) is 26.0 Å². The van der Waals surface area contributed by atoms with Crippen LogP contribution in [0.2, 0.25) is 0 Å². The lowest BCUT2D eigenvalue weighted by molar-refractivity contribution is 0.0914. The Balaban J connectivity index is 1.96.